The zero-order valence-corrected chi connectivity index (χ0v) is 60.3. The Balaban J connectivity index is 0.860. The number of benzene rings is 16. The van der Waals surface area contributed by atoms with E-state index in [0.717, 1.165) is 45.0 Å². The van der Waals surface area contributed by atoms with Crippen molar-refractivity contribution in [1.82, 2.24) is 0 Å². The summed E-state index contributed by atoms with van der Waals surface area (Å²) < 4.78 is 130. The molecule has 0 amide bonds. The number of hydrogen-bond donors (Lipinski definition) is 0. The van der Waals surface area contributed by atoms with Crippen molar-refractivity contribution in [3.63, 3.8) is 0 Å². The Morgan fingerprint density at radius 3 is 0.754 bits per heavy atom. The zero-order valence-electron chi connectivity index (χ0n) is 60.3. The molecule has 6 aliphatic heterocycles. The van der Waals surface area contributed by atoms with Crippen molar-refractivity contribution in [1.29, 1.82) is 0 Å². The molecule has 0 aromatic heterocycles. The van der Waals surface area contributed by atoms with Gasteiger partial charge in [0.1, 0.15) is 86.5 Å². The molecule has 9 nitrogen and oxygen atoms in total. The summed E-state index contributed by atoms with van der Waals surface area (Å²) in [6.07, 6.45) is 0. The number of ether oxygens (including phenoxy) is 3. The van der Waals surface area contributed by atoms with Gasteiger partial charge in [0.05, 0.1) is 17.1 Å². The maximum absolute atomic E-state index is 18.2. The van der Waals surface area contributed by atoms with E-state index in [2.05, 4.69) is 15.9 Å². The minimum Gasteiger partial charge on any atom is -0.458 e. The summed E-state index contributed by atoms with van der Waals surface area (Å²) in [5.41, 5.74) is 12.8. The van der Waals surface area contributed by atoms with E-state index in [9.17, 15) is 0 Å². The van der Waals surface area contributed by atoms with Crippen LogP contribution in [0.25, 0.3) is 0 Å². The van der Waals surface area contributed by atoms with Crippen LogP contribution >= 0.6 is 0 Å². The fraction of sp³-hybridized carbons (Fsp3) is 0. The lowest BCUT2D eigenvalue weighted by Crippen LogP contribution is -2.65. The van der Waals surface area contributed by atoms with Gasteiger partial charge in [-0.05, 0) is 195 Å². The second-order valence-electron chi connectivity index (χ2n) is 29.0. The maximum Gasteiger partial charge on any atom is 0.256 e. The standard InChI is InChI=1S/C96H57B3F6N6O3/c100-73-40-23-41-74(101)94(73)109-79-56-80-70(54-69(79)97-67-38-19-21-46-85(67)112-88-51-64(48-82(109)91(88)97)106(58-26-7-1-8-27-58)59-28-9-2-10-29-59)99-72-55-71-81(57-87(72)114-90-53-66(108(62-34-15-5-16-35-62)63-36-17-6-18-37-63)50-84(93(90)99)110(80)95-75(102)42-24-43-76(95)103)111(96-77(104)44-25-45-78(96)105)83-49-65(52-89-92(83)98(71)68-39-20-22-47-86(68)113-89)107(60-30-11-3-12-31-60)61-32-13-4-14-33-61/h1-57H. The van der Waals surface area contributed by atoms with E-state index in [-0.39, 0.29) is 17.1 Å². The predicted octanol–water partition coefficient (Wildman–Crippen LogP) is 20.1. The van der Waals surface area contributed by atoms with Crippen molar-refractivity contribution in [2.24, 2.45) is 0 Å². The van der Waals surface area contributed by atoms with E-state index < -0.39 is 66.4 Å². The first kappa shape index (κ1) is 66.5. The van der Waals surface area contributed by atoms with Crippen molar-refractivity contribution >= 4 is 172 Å². The fourth-order valence-electron chi connectivity index (χ4n) is 18.1. The molecule has 0 saturated carbocycles. The normalized spacial score (nSPS) is 13.1. The van der Waals surface area contributed by atoms with Crippen LogP contribution in [0, 0.1) is 34.9 Å². The van der Waals surface area contributed by atoms with E-state index in [1.807, 2.05) is 290 Å². The summed E-state index contributed by atoms with van der Waals surface area (Å²) in [5, 5.41) is 0. The van der Waals surface area contributed by atoms with E-state index in [1.165, 1.54) is 54.6 Å². The topological polar surface area (TPSA) is 47.1 Å². The zero-order chi connectivity index (χ0) is 76.1. The molecule has 6 aliphatic rings. The van der Waals surface area contributed by atoms with Crippen LogP contribution in [0.1, 0.15) is 0 Å². The van der Waals surface area contributed by atoms with E-state index >= 15 is 26.3 Å². The Hall–Kier alpha value is -14.5. The van der Waals surface area contributed by atoms with Gasteiger partial charge in [-0.1, -0.05) is 176 Å². The average molecular weight is 1490 g/mol. The number of rotatable bonds is 12. The monoisotopic (exact) mass is 1490 g/mol. The van der Waals surface area contributed by atoms with Gasteiger partial charge >= 0.3 is 0 Å². The molecule has 0 radical (unpaired) electrons. The third-order valence-corrected chi connectivity index (χ3v) is 22.7. The van der Waals surface area contributed by atoms with E-state index in [4.69, 9.17) is 14.2 Å². The lowest BCUT2D eigenvalue weighted by Gasteiger charge is -2.45. The first-order valence-corrected chi connectivity index (χ1v) is 37.6. The molecule has 6 heterocycles. The Morgan fingerprint density at radius 1 is 0.193 bits per heavy atom. The molecule has 0 unspecified atom stereocenters. The summed E-state index contributed by atoms with van der Waals surface area (Å²) >= 11 is 0. The van der Waals surface area contributed by atoms with Gasteiger partial charge in [-0.25, -0.2) is 26.3 Å². The summed E-state index contributed by atoms with van der Waals surface area (Å²) in [5.74, 6) is -2.74. The Labute approximate surface area is 653 Å². The van der Waals surface area contributed by atoms with Crippen molar-refractivity contribution in [3.8, 4) is 34.5 Å². The molecule has 0 atom stereocenters. The second-order valence-corrected chi connectivity index (χ2v) is 29.0. The van der Waals surface area contributed by atoms with E-state index in [0.29, 0.717) is 112 Å². The first-order valence-electron chi connectivity index (χ1n) is 37.6. The van der Waals surface area contributed by atoms with Crippen LogP contribution in [0.3, 0.4) is 0 Å². The Morgan fingerprint density at radius 2 is 0.447 bits per heavy atom. The number of halogens is 6. The fourth-order valence-corrected chi connectivity index (χ4v) is 18.1. The molecule has 18 heteroatoms. The van der Waals surface area contributed by atoms with Crippen LogP contribution in [0.15, 0.2) is 346 Å². The van der Waals surface area contributed by atoms with Gasteiger partial charge in [0, 0.05) is 92.5 Å². The minimum absolute atomic E-state index is 0.250. The molecule has 0 aliphatic carbocycles. The average Bonchev–Trinajstić information content (AvgIpc) is 0.683. The highest BCUT2D eigenvalue weighted by molar-refractivity contribution is 7.03. The van der Waals surface area contributed by atoms with Crippen molar-refractivity contribution in [3.05, 3.63) is 381 Å². The van der Waals surface area contributed by atoms with Crippen LogP contribution in [0.5, 0.6) is 34.5 Å². The largest absolute Gasteiger partial charge is 0.458 e. The van der Waals surface area contributed by atoms with Crippen molar-refractivity contribution in [2.45, 2.75) is 0 Å². The molecule has 0 fully saturated rings. The Kier molecular flexibility index (Phi) is 15.2. The molecule has 0 spiro atoms. The van der Waals surface area contributed by atoms with Crippen LogP contribution in [0.4, 0.5) is 129 Å². The Bertz CT molecular complexity index is 6470. The summed E-state index contributed by atoms with van der Waals surface area (Å²) in [6.45, 7) is -2.36. The SMILES string of the molecule is Fc1cccc(F)c1N1c2cc3c(cc2B2c4ccccc4Oc4cc(N(c5ccccc5)c5ccccc5)cc1c42)B1c2cc4c(cc2N(c2c(F)cccc2F)c2cc(N(c5ccccc5)c5ccccc5)cc(c21)O3)N(c1c(F)cccc1F)c1cc(N(c2ccccc2)c2ccccc2)cc2c1B4c1ccccc1O2. The minimum atomic E-state index is -0.934. The third-order valence-electron chi connectivity index (χ3n) is 22.7. The summed E-state index contributed by atoms with van der Waals surface area (Å²) in [4.78, 5) is 11.0. The van der Waals surface area contributed by atoms with Crippen molar-refractivity contribution < 1.29 is 40.6 Å². The van der Waals surface area contributed by atoms with E-state index in [1.54, 1.807) is 14.7 Å². The highest BCUT2D eigenvalue weighted by Gasteiger charge is 2.52. The van der Waals surface area contributed by atoms with Crippen LogP contribution in [0.2, 0.25) is 0 Å². The highest BCUT2D eigenvalue weighted by Crippen LogP contribution is 2.54. The van der Waals surface area contributed by atoms with Gasteiger partial charge in [0.15, 0.2) is 0 Å². The van der Waals surface area contributed by atoms with Gasteiger partial charge in [0.2, 0.25) is 0 Å². The molecule has 16 aromatic rings. The smallest absolute Gasteiger partial charge is 0.256 e. The highest BCUT2D eigenvalue weighted by atomic mass is 19.2. The second kappa shape index (κ2) is 26.1. The summed E-state index contributed by atoms with van der Waals surface area (Å²) in [7, 11) is 0. The lowest BCUT2D eigenvalue weighted by molar-refractivity contribution is 0.487. The number of nitrogens with zero attached hydrogens (tertiary/aromatic N) is 6. The molecular weight excluding hydrogens is 1430 g/mol. The summed E-state index contributed by atoms with van der Waals surface area (Å²) in [6, 6.07) is 105. The van der Waals surface area contributed by atoms with Crippen molar-refractivity contribution in [2.75, 3.05) is 29.4 Å². The number of fused-ring (bicyclic) bond motifs is 12. The maximum atomic E-state index is 18.2. The molecular formula is C96H57B3F6N6O3. The molecule has 22 rings (SSSR count). The van der Waals surface area contributed by atoms with Crippen LogP contribution in [-0.4, -0.2) is 20.1 Å². The van der Waals surface area contributed by atoms with Crippen LogP contribution in [-0.2, 0) is 0 Å². The molecule has 114 heavy (non-hydrogen) atoms. The quantitative estimate of drug-likeness (QED) is 0.0879. The van der Waals surface area contributed by atoms with Gasteiger partial charge in [-0.2, -0.15) is 0 Å². The first-order chi connectivity index (χ1) is 56.1. The molecule has 0 N–H and O–H groups in total. The molecule has 0 saturated heterocycles. The van der Waals surface area contributed by atoms with Gasteiger partial charge in [0.25, 0.3) is 20.1 Å². The number of hydrogen-bond acceptors (Lipinski definition) is 9. The number of anilines is 18. The molecule has 16 aromatic carbocycles. The van der Waals surface area contributed by atoms with Crippen LogP contribution < -0.4 is 92.8 Å². The molecule has 540 valence electrons. The third kappa shape index (κ3) is 10.3. The van der Waals surface area contributed by atoms with Gasteiger partial charge in [-0.3, -0.25) is 0 Å². The van der Waals surface area contributed by atoms with Gasteiger partial charge < -0.3 is 43.6 Å². The van der Waals surface area contributed by atoms with Gasteiger partial charge in [-0.15, -0.1) is 0 Å². The molecule has 0 bridgehead atoms. The predicted molar refractivity (Wildman–Crippen MR) is 448 cm³/mol. The number of para-hydroxylation sites is 11. The lowest BCUT2D eigenvalue weighted by atomic mass is 9.29.